The molecule has 0 spiro atoms. The molecule has 2 N–H and O–H groups in total. The standard InChI is InChI=1S/C23H12F10IN3O2/c24-20(22(28,29)30,23(31,32)33)13-8-15(21(25,26)27)17(16(34)9-13)37-18(38)11-3-1-5-14(7-11)36-19(39)12-4-2-6-35-10-12/h1-10H,(H,36,39)(H,37,38). The molecule has 0 fully saturated rings. The van der Waals surface area contributed by atoms with Crippen molar-refractivity contribution in [2.75, 3.05) is 10.6 Å². The van der Waals surface area contributed by atoms with Crippen molar-refractivity contribution >= 4 is 45.8 Å². The topological polar surface area (TPSA) is 71.1 Å². The number of nitrogens with one attached hydrogen (secondary N) is 2. The molecule has 1 aromatic heterocycles. The molecule has 16 heteroatoms. The molecule has 0 bridgehead atoms. The number of hydrogen-bond acceptors (Lipinski definition) is 3. The third-order valence-electron chi connectivity index (χ3n) is 5.12. The van der Waals surface area contributed by atoms with Crippen molar-refractivity contribution in [2.45, 2.75) is 24.2 Å². The molecule has 0 saturated heterocycles. The van der Waals surface area contributed by atoms with Crippen molar-refractivity contribution in [3.63, 3.8) is 0 Å². The summed E-state index contributed by atoms with van der Waals surface area (Å²) in [4.78, 5) is 28.7. The number of carbonyl (C=O) groups excluding carboxylic acids is 2. The Morgan fingerprint density at radius 3 is 1.87 bits per heavy atom. The highest BCUT2D eigenvalue weighted by molar-refractivity contribution is 14.1. The zero-order valence-corrected chi connectivity index (χ0v) is 20.9. The average Bonchev–Trinajstić information content (AvgIpc) is 2.83. The number of pyridine rings is 1. The normalized spacial score (nSPS) is 12.7. The smallest absolute Gasteiger partial charge is 0.322 e. The van der Waals surface area contributed by atoms with E-state index in [-0.39, 0.29) is 22.9 Å². The van der Waals surface area contributed by atoms with Crippen LogP contribution in [-0.4, -0.2) is 29.2 Å². The lowest BCUT2D eigenvalue weighted by molar-refractivity contribution is -0.348. The molecule has 208 valence electrons. The summed E-state index contributed by atoms with van der Waals surface area (Å²) in [5, 5.41) is 4.22. The minimum atomic E-state index is -6.65. The van der Waals surface area contributed by atoms with Gasteiger partial charge in [0.2, 0.25) is 0 Å². The maximum atomic E-state index is 14.5. The van der Waals surface area contributed by atoms with Crippen LogP contribution in [0.3, 0.4) is 0 Å². The number of nitrogens with zero attached hydrogens (tertiary/aromatic N) is 1. The lowest BCUT2D eigenvalue weighted by Crippen LogP contribution is -2.50. The molecule has 1 heterocycles. The van der Waals surface area contributed by atoms with Crippen LogP contribution in [0, 0.1) is 3.57 Å². The minimum Gasteiger partial charge on any atom is -0.322 e. The molecule has 0 saturated carbocycles. The van der Waals surface area contributed by atoms with E-state index in [0.29, 0.717) is 0 Å². The zero-order valence-electron chi connectivity index (χ0n) is 18.7. The number of aromatic nitrogens is 1. The van der Waals surface area contributed by atoms with Gasteiger partial charge in [0, 0.05) is 32.8 Å². The lowest BCUT2D eigenvalue weighted by Gasteiger charge is -2.31. The molecule has 2 aromatic carbocycles. The summed E-state index contributed by atoms with van der Waals surface area (Å²) in [5.74, 6) is -1.91. The van der Waals surface area contributed by atoms with Crippen molar-refractivity contribution in [3.05, 3.63) is 86.7 Å². The van der Waals surface area contributed by atoms with Crippen LogP contribution in [0.2, 0.25) is 0 Å². The average molecular weight is 679 g/mol. The van der Waals surface area contributed by atoms with Crippen molar-refractivity contribution < 1.29 is 53.5 Å². The molecule has 0 radical (unpaired) electrons. The highest BCUT2D eigenvalue weighted by atomic mass is 127. The van der Waals surface area contributed by atoms with E-state index in [1.807, 2.05) is 0 Å². The molecule has 2 amide bonds. The van der Waals surface area contributed by atoms with Gasteiger partial charge in [-0.1, -0.05) is 6.07 Å². The van der Waals surface area contributed by atoms with E-state index in [0.717, 1.165) is 34.7 Å². The summed E-state index contributed by atoms with van der Waals surface area (Å²) in [6.07, 6.45) is -16.3. The fourth-order valence-electron chi connectivity index (χ4n) is 3.27. The highest BCUT2D eigenvalue weighted by Crippen LogP contribution is 2.54. The third-order valence-corrected chi connectivity index (χ3v) is 5.97. The van der Waals surface area contributed by atoms with Gasteiger partial charge >= 0.3 is 24.2 Å². The van der Waals surface area contributed by atoms with Crippen molar-refractivity contribution in [2.24, 2.45) is 0 Å². The van der Waals surface area contributed by atoms with Gasteiger partial charge in [0.1, 0.15) is 0 Å². The van der Waals surface area contributed by atoms with Gasteiger partial charge in [-0.2, -0.15) is 39.5 Å². The Kier molecular flexibility index (Phi) is 8.19. The first-order valence-corrected chi connectivity index (χ1v) is 11.3. The Bertz CT molecular complexity index is 1380. The monoisotopic (exact) mass is 679 g/mol. The van der Waals surface area contributed by atoms with Crippen molar-refractivity contribution in [1.29, 1.82) is 0 Å². The van der Waals surface area contributed by atoms with E-state index in [4.69, 9.17) is 0 Å². The number of rotatable bonds is 5. The first-order chi connectivity index (χ1) is 17.9. The summed E-state index contributed by atoms with van der Waals surface area (Å²) in [5.41, 5.74) is -12.0. The molecule has 3 aromatic rings. The summed E-state index contributed by atoms with van der Waals surface area (Å²) in [7, 11) is 0. The number of anilines is 2. The molecule has 0 aliphatic carbocycles. The van der Waals surface area contributed by atoms with E-state index in [1.54, 1.807) is 5.32 Å². The van der Waals surface area contributed by atoms with Gasteiger partial charge in [-0.25, -0.2) is 4.39 Å². The third kappa shape index (κ3) is 6.25. The molecule has 0 atom stereocenters. The molecule has 0 aliphatic heterocycles. The molecule has 5 nitrogen and oxygen atoms in total. The molecule has 39 heavy (non-hydrogen) atoms. The maximum absolute atomic E-state index is 14.5. The quantitative estimate of drug-likeness (QED) is 0.217. The van der Waals surface area contributed by atoms with Crippen LogP contribution >= 0.6 is 22.6 Å². The predicted octanol–water partition coefficient (Wildman–Crippen LogP) is 7.50. The van der Waals surface area contributed by atoms with Gasteiger partial charge in [0.05, 0.1) is 16.8 Å². The SMILES string of the molecule is O=C(Nc1cccc(C(=O)Nc2c(I)cc(C(F)(C(F)(F)F)C(F)(F)F)cc2C(F)(F)F)c1)c1cccnc1. The fraction of sp³-hybridized carbons (Fsp3) is 0.174. The summed E-state index contributed by atoms with van der Waals surface area (Å²) >= 11 is 0.951. The first-order valence-electron chi connectivity index (χ1n) is 10.2. The van der Waals surface area contributed by atoms with Crippen LogP contribution in [0.25, 0.3) is 0 Å². The van der Waals surface area contributed by atoms with Gasteiger partial charge in [-0.3, -0.25) is 14.6 Å². The highest BCUT2D eigenvalue weighted by Gasteiger charge is 2.73. The Morgan fingerprint density at radius 2 is 1.33 bits per heavy atom. The number of benzene rings is 2. The molecular formula is C23H12F10IN3O2. The number of alkyl halides is 10. The zero-order chi connectivity index (χ0) is 29.4. The van der Waals surface area contributed by atoms with Gasteiger partial charge in [0.15, 0.2) is 0 Å². The van der Waals surface area contributed by atoms with E-state index < -0.39 is 62.5 Å². The van der Waals surface area contributed by atoms with Crippen LogP contribution < -0.4 is 10.6 Å². The molecule has 0 unspecified atom stereocenters. The Labute approximate surface area is 225 Å². The largest absolute Gasteiger partial charge is 0.435 e. The Balaban J connectivity index is 2.00. The molecule has 0 aliphatic rings. The van der Waals surface area contributed by atoms with E-state index in [1.165, 1.54) is 36.7 Å². The van der Waals surface area contributed by atoms with Crippen LogP contribution in [0.4, 0.5) is 55.3 Å². The number of hydrogen-bond donors (Lipinski definition) is 2. The lowest BCUT2D eigenvalue weighted by atomic mass is 9.92. The summed E-state index contributed by atoms with van der Waals surface area (Å²) in [6.45, 7) is 0. The van der Waals surface area contributed by atoms with Crippen LogP contribution in [0.5, 0.6) is 0 Å². The number of amides is 2. The van der Waals surface area contributed by atoms with Gasteiger partial charge in [0.25, 0.3) is 11.8 Å². The number of carbonyl (C=O) groups is 2. The van der Waals surface area contributed by atoms with Crippen LogP contribution in [-0.2, 0) is 11.8 Å². The van der Waals surface area contributed by atoms with Crippen LogP contribution in [0.15, 0.2) is 60.9 Å². The second-order valence-electron chi connectivity index (χ2n) is 7.76. The van der Waals surface area contributed by atoms with Crippen molar-refractivity contribution in [3.8, 4) is 0 Å². The van der Waals surface area contributed by atoms with E-state index in [9.17, 15) is 53.5 Å². The Morgan fingerprint density at radius 1 is 0.744 bits per heavy atom. The van der Waals surface area contributed by atoms with E-state index >= 15 is 0 Å². The van der Waals surface area contributed by atoms with Gasteiger partial charge < -0.3 is 10.6 Å². The predicted molar refractivity (Wildman–Crippen MR) is 126 cm³/mol. The fourth-order valence-corrected chi connectivity index (χ4v) is 4.03. The molecule has 3 rings (SSSR count). The first kappa shape index (κ1) is 30.1. The van der Waals surface area contributed by atoms with Gasteiger partial charge in [-0.15, -0.1) is 0 Å². The minimum absolute atomic E-state index is 0.0233. The number of halogens is 11. The van der Waals surface area contributed by atoms with E-state index in [2.05, 4.69) is 10.3 Å². The maximum Gasteiger partial charge on any atom is 0.435 e. The molecular weight excluding hydrogens is 667 g/mol. The van der Waals surface area contributed by atoms with Crippen molar-refractivity contribution in [1.82, 2.24) is 4.98 Å². The summed E-state index contributed by atoms with van der Waals surface area (Å²) in [6, 6.07) is 6.91. The second kappa shape index (κ2) is 10.6. The van der Waals surface area contributed by atoms with Gasteiger partial charge in [-0.05, 0) is 65.1 Å². The summed E-state index contributed by atoms with van der Waals surface area (Å²) < 4.78 is 133. The van der Waals surface area contributed by atoms with Crippen LogP contribution in [0.1, 0.15) is 31.8 Å². The second-order valence-corrected chi connectivity index (χ2v) is 8.93. The Hall–Kier alpha value is -3.44.